The van der Waals surface area contributed by atoms with E-state index < -0.39 is 15.9 Å². The van der Waals surface area contributed by atoms with Crippen LogP contribution in [0.25, 0.3) is 28.1 Å². The first kappa shape index (κ1) is 22.5. The molecule has 0 unspecified atom stereocenters. The SMILES string of the molecule is CS(=O)(=O)c1ccc(-c2nn(-c3cccc(N(O)C(N)=O)c3)cc2-c2ccc(Cl)cc2)cc1. The summed E-state index contributed by atoms with van der Waals surface area (Å²) < 4.78 is 25.3. The quantitative estimate of drug-likeness (QED) is 0.320. The first-order valence-corrected chi connectivity index (χ1v) is 12.0. The third-order valence-corrected chi connectivity index (χ3v) is 6.35. The summed E-state index contributed by atoms with van der Waals surface area (Å²) in [5.41, 5.74) is 8.86. The number of anilines is 1. The number of nitrogens with zero attached hydrogens (tertiary/aromatic N) is 3. The molecule has 8 nitrogen and oxygen atoms in total. The van der Waals surface area contributed by atoms with E-state index in [-0.39, 0.29) is 10.6 Å². The summed E-state index contributed by atoms with van der Waals surface area (Å²) in [6.07, 6.45) is 2.95. The van der Waals surface area contributed by atoms with Crippen LogP contribution in [0.2, 0.25) is 5.02 Å². The minimum absolute atomic E-state index is 0.183. The van der Waals surface area contributed by atoms with Crippen molar-refractivity contribution < 1.29 is 18.4 Å². The zero-order valence-corrected chi connectivity index (χ0v) is 19.0. The number of amides is 2. The van der Waals surface area contributed by atoms with Crippen LogP contribution < -0.4 is 10.8 Å². The molecule has 0 fully saturated rings. The molecule has 3 aromatic carbocycles. The molecule has 4 rings (SSSR count). The van der Waals surface area contributed by atoms with Gasteiger partial charge in [0.25, 0.3) is 0 Å². The van der Waals surface area contributed by atoms with Gasteiger partial charge in [-0.25, -0.2) is 17.9 Å². The van der Waals surface area contributed by atoms with Gasteiger partial charge in [0, 0.05) is 28.6 Å². The van der Waals surface area contributed by atoms with Crippen LogP contribution in [0, 0.1) is 0 Å². The van der Waals surface area contributed by atoms with E-state index in [1.165, 1.54) is 18.2 Å². The zero-order chi connectivity index (χ0) is 23.8. The van der Waals surface area contributed by atoms with Crippen LogP contribution in [0.1, 0.15) is 0 Å². The smallest absolute Gasteiger partial charge is 0.343 e. The second kappa shape index (κ2) is 8.70. The Morgan fingerprint density at radius 3 is 2.27 bits per heavy atom. The standard InChI is InChI=1S/C23H19ClN4O4S/c1-33(31,32)20-11-7-16(8-12-20)22-21(15-5-9-17(24)10-6-15)14-27(26-22)18-3-2-4-19(13-18)28(30)23(25)29/h2-14,30H,1H3,(H2,25,29). The third-order valence-electron chi connectivity index (χ3n) is 4.97. The lowest BCUT2D eigenvalue weighted by Crippen LogP contribution is -2.32. The second-order valence-electron chi connectivity index (χ2n) is 7.31. The Hall–Kier alpha value is -3.66. The van der Waals surface area contributed by atoms with Crippen molar-refractivity contribution >= 4 is 33.2 Å². The number of aromatic nitrogens is 2. The van der Waals surface area contributed by atoms with Crippen LogP contribution in [0.15, 0.2) is 83.9 Å². The summed E-state index contributed by atoms with van der Waals surface area (Å²) in [5, 5.41) is 15.5. The van der Waals surface area contributed by atoms with Crippen LogP contribution in [0.4, 0.5) is 10.5 Å². The maximum atomic E-state index is 11.8. The highest BCUT2D eigenvalue weighted by Crippen LogP contribution is 2.33. The van der Waals surface area contributed by atoms with Crippen molar-refractivity contribution in [2.75, 3.05) is 11.3 Å². The number of nitrogens with two attached hydrogens (primary N) is 1. The fourth-order valence-corrected chi connectivity index (χ4v) is 4.07. The largest absolute Gasteiger partial charge is 0.349 e. The van der Waals surface area contributed by atoms with E-state index in [9.17, 15) is 18.4 Å². The third kappa shape index (κ3) is 4.75. The summed E-state index contributed by atoms with van der Waals surface area (Å²) in [5.74, 6) is 0. The van der Waals surface area contributed by atoms with Crippen LogP contribution in [0.5, 0.6) is 0 Å². The molecule has 0 aliphatic carbocycles. The Balaban J connectivity index is 1.85. The number of sulfone groups is 1. The number of hydrogen-bond acceptors (Lipinski definition) is 5. The van der Waals surface area contributed by atoms with Crippen molar-refractivity contribution in [1.82, 2.24) is 9.78 Å². The lowest BCUT2D eigenvalue weighted by atomic mass is 10.0. The summed E-state index contributed by atoms with van der Waals surface area (Å²) in [7, 11) is -3.33. The number of urea groups is 1. The molecule has 0 atom stereocenters. The number of benzene rings is 3. The van der Waals surface area contributed by atoms with Crippen LogP contribution >= 0.6 is 11.6 Å². The normalized spacial score (nSPS) is 11.4. The highest BCUT2D eigenvalue weighted by Gasteiger charge is 2.17. The molecule has 0 saturated heterocycles. The summed E-state index contributed by atoms with van der Waals surface area (Å²) in [6.45, 7) is 0. The minimum Gasteiger partial charge on any atom is -0.349 e. The van der Waals surface area contributed by atoms with Gasteiger partial charge in [-0.15, -0.1) is 0 Å². The highest BCUT2D eigenvalue weighted by molar-refractivity contribution is 7.90. The Kier molecular flexibility index (Phi) is 5.94. The van der Waals surface area contributed by atoms with Gasteiger partial charge in [0.2, 0.25) is 0 Å². The molecule has 1 heterocycles. The number of halogens is 1. The van der Waals surface area contributed by atoms with Gasteiger partial charge in [0.1, 0.15) is 5.69 Å². The van der Waals surface area contributed by atoms with Crippen molar-refractivity contribution in [1.29, 1.82) is 0 Å². The fourth-order valence-electron chi connectivity index (χ4n) is 3.31. The zero-order valence-electron chi connectivity index (χ0n) is 17.4. The lowest BCUT2D eigenvalue weighted by Gasteiger charge is -2.12. The van der Waals surface area contributed by atoms with Crippen LogP contribution in [0.3, 0.4) is 0 Å². The molecular formula is C23H19ClN4O4S. The number of primary amides is 1. The number of hydrogen-bond donors (Lipinski definition) is 2. The molecule has 3 N–H and O–H groups in total. The van der Waals surface area contributed by atoms with Crippen molar-refractivity contribution in [3.05, 3.63) is 84.0 Å². The molecule has 0 radical (unpaired) electrons. The summed E-state index contributed by atoms with van der Waals surface area (Å²) in [6, 6.07) is 19.2. The molecule has 2 amide bonds. The Morgan fingerprint density at radius 1 is 1.03 bits per heavy atom. The van der Waals surface area contributed by atoms with Crippen molar-refractivity contribution in [2.45, 2.75) is 4.90 Å². The monoisotopic (exact) mass is 482 g/mol. The summed E-state index contributed by atoms with van der Waals surface area (Å²) >= 11 is 6.05. The molecule has 0 saturated carbocycles. The molecule has 0 aliphatic heterocycles. The maximum Gasteiger partial charge on any atom is 0.343 e. The van der Waals surface area contributed by atoms with E-state index in [2.05, 4.69) is 0 Å². The highest BCUT2D eigenvalue weighted by atomic mass is 35.5. The topological polar surface area (TPSA) is 119 Å². The number of rotatable bonds is 5. The van der Waals surface area contributed by atoms with E-state index in [0.29, 0.717) is 27.0 Å². The second-order valence-corrected chi connectivity index (χ2v) is 9.76. The van der Waals surface area contributed by atoms with Gasteiger partial charge in [0.15, 0.2) is 9.84 Å². The van der Waals surface area contributed by atoms with Gasteiger partial charge < -0.3 is 5.73 Å². The predicted octanol–water partition coefficient (Wildman–Crippen LogP) is 4.54. The minimum atomic E-state index is -3.33. The number of hydroxylamine groups is 1. The van der Waals surface area contributed by atoms with Gasteiger partial charge >= 0.3 is 6.03 Å². The van der Waals surface area contributed by atoms with E-state index in [0.717, 1.165) is 17.4 Å². The molecule has 0 spiro atoms. The van der Waals surface area contributed by atoms with Crippen molar-refractivity contribution in [3.8, 4) is 28.1 Å². The molecule has 4 aromatic rings. The average Bonchev–Trinajstić information content (AvgIpc) is 3.24. The van der Waals surface area contributed by atoms with E-state index in [4.69, 9.17) is 22.4 Å². The number of carbonyl (C=O) groups excluding carboxylic acids is 1. The van der Waals surface area contributed by atoms with Crippen molar-refractivity contribution in [2.24, 2.45) is 5.73 Å². The van der Waals surface area contributed by atoms with Gasteiger partial charge in [-0.2, -0.15) is 10.2 Å². The van der Waals surface area contributed by atoms with Crippen LogP contribution in [-0.4, -0.2) is 35.7 Å². The summed E-state index contributed by atoms with van der Waals surface area (Å²) in [4.78, 5) is 11.5. The van der Waals surface area contributed by atoms with Gasteiger partial charge in [-0.1, -0.05) is 41.9 Å². The molecule has 10 heteroatoms. The van der Waals surface area contributed by atoms with E-state index >= 15 is 0 Å². The fraction of sp³-hybridized carbons (Fsp3) is 0.0435. The first-order valence-electron chi connectivity index (χ1n) is 9.68. The number of carbonyl (C=O) groups is 1. The molecule has 168 valence electrons. The Labute approximate surface area is 195 Å². The first-order chi connectivity index (χ1) is 15.6. The van der Waals surface area contributed by atoms with E-state index in [1.807, 2.05) is 12.1 Å². The molecular weight excluding hydrogens is 464 g/mol. The predicted molar refractivity (Wildman–Crippen MR) is 126 cm³/mol. The molecule has 0 bridgehead atoms. The Morgan fingerprint density at radius 2 is 1.67 bits per heavy atom. The molecule has 1 aromatic heterocycles. The maximum absolute atomic E-state index is 11.8. The molecule has 33 heavy (non-hydrogen) atoms. The van der Waals surface area contributed by atoms with Gasteiger partial charge in [-0.05, 0) is 48.0 Å². The lowest BCUT2D eigenvalue weighted by molar-refractivity contribution is 0.212. The van der Waals surface area contributed by atoms with E-state index in [1.54, 1.807) is 53.3 Å². The van der Waals surface area contributed by atoms with Crippen LogP contribution in [-0.2, 0) is 9.84 Å². The molecule has 0 aliphatic rings. The van der Waals surface area contributed by atoms with Gasteiger partial charge in [-0.3, -0.25) is 5.21 Å². The van der Waals surface area contributed by atoms with Gasteiger partial charge in [0.05, 0.1) is 16.3 Å². The average molecular weight is 483 g/mol. The van der Waals surface area contributed by atoms with Crippen molar-refractivity contribution in [3.63, 3.8) is 0 Å². The Bertz CT molecular complexity index is 1430.